The van der Waals surface area contributed by atoms with Crippen LogP contribution < -0.4 is 10.9 Å². The lowest BCUT2D eigenvalue weighted by molar-refractivity contribution is -0.0202. The van der Waals surface area contributed by atoms with Gasteiger partial charge in [0.2, 0.25) is 0 Å². The van der Waals surface area contributed by atoms with E-state index in [1.54, 1.807) is 0 Å². The summed E-state index contributed by atoms with van der Waals surface area (Å²) in [5.41, 5.74) is -0.850. The quantitative estimate of drug-likeness (QED) is 0.764. The largest absolute Gasteiger partial charge is 0.388 e. The molecule has 15 heavy (non-hydrogen) atoms. The molecule has 6 heteroatoms. The van der Waals surface area contributed by atoms with Crippen molar-refractivity contribution in [1.82, 2.24) is 9.97 Å². The standard InChI is InChI=1S/C9H12BrN3O2/c10-6-7(12-5-13-8(6)14)11-4-9(15)2-1-3-9/h5,15H,1-4H2,(H2,11,12,13,14). The number of H-pyrrole nitrogens is 1. The molecule has 5 nitrogen and oxygen atoms in total. The van der Waals surface area contributed by atoms with Gasteiger partial charge in [-0.05, 0) is 35.2 Å². The second-order valence-electron chi connectivity index (χ2n) is 3.83. The van der Waals surface area contributed by atoms with Gasteiger partial charge >= 0.3 is 0 Å². The van der Waals surface area contributed by atoms with Crippen LogP contribution in [0.4, 0.5) is 5.82 Å². The Morgan fingerprint density at radius 3 is 3.00 bits per heavy atom. The van der Waals surface area contributed by atoms with Crippen LogP contribution in [0.5, 0.6) is 0 Å². The Morgan fingerprint density at radius 1 is 1.67 bits per heavy atom. The van der Waals surface area contributed by atoms with Gasteiger partial charge in [-0.25, -0.2) is 4.98 Å². The van der Waals surface area contributed by atoms with Crippen LogP contribution >= 0.6 is 15.9 Å². The van der Waals surface area contributed by atoms with Gasteiger partial charge in [-0.3, -0.25) is 4.79 Å². The average molecular weight is 274 g/mol. The lowest BCUT2D eigenvalue weighted by atomic mass is 9.80. The Balaban J connectivity index is 2.05. The van der Waals surface area contributed by atoms with E-state index in [2.05, 4.69) is 31.2 Å². The molecular formula is C9H12BrN3O2. The predicted molar refractivity (Wildman–Crippen MR) is 59.8 cm³/mol. The van der Waals surface area contributed by atoms with Crippen molar-refractivity contribution in [2.75, 3.05) is 11.9 Å². The number of halogens is 1. The number of nitrogens with zero attached hydrogens (tertiary/aromatic N) is 1. The zero-order valence-corrected chi connectivity index (χ0v) is 9.67. The van der Waals surface area contributed by atoms with E-state index in [1.807, 2.05) is 0 Å². The number of nitrogens with one attached hydrogen (secondary N) is 2. The van der Waals surface area contributed by atoms with Crippen LogP contribution in [0, 0.1) is 0 Å². The summed E-state index contributed by atoms with van der Waals surface area (Å²) in [5, 5.41) is 12.8. The topological polar surface area (TPSA) is 78.0 Å². The van der Waals surface area contributed by atoms with Gasteiger partial charge in [0, 0.05) is 6.54 Å². The number of rotatable bonds is 3. The Labute approximate surface area is 95.1 Å². The molecule has 0 atom stereocenters. The molecule has 0 aliphatic heterocycles. The molecule has 0 bridgehead atoms. The van der Waals surface area contributed by atoms with Crippen molar-refractivity contribution in [1.29, 1.82) is 0 Å². The van der Waals surface area contributed by atoms with Gasteiger partial charge in [0.05, 0.1) is 11.9 Å². The van der Waals surface area contributed by atoms with Crippen LogP contribution in [-0.4, -0.2) is 27.2 Å². The lowest BCUT2D eigenvalue weighted by Gasteiger charge is -2.36. The first-order valence-corrected chi connectivity index (χ1v) is 5.59. The number of aromatic nitrogens is 2. The van der Waals surface area contributed by atoms with E-state index in [1.165, 1.54) is 6.33 Å². The second kappa shape index (κ2) is 3.94. The van der Waals surface area contributed by atoms with Crippen LogP contribution in [0.2, 0.25) is 0 Å². The first-order valence-electron chi connectivity index (χ1n) is 4.80. The monoisotopic (exact) mass is 273 g/mol. The fourth-order valence-corrected chi connectivity index (χ4v) is 1.87. The summed E-state index contributed by atoms with van der Waals surface area (Å²) in [6, 6.07) is 0. The molecule has 0 spiro atoms. The van der Waals surface area contributed by atoms with E-state index in [0.29, 0.717) is 16.8 Å². The van der Waals surface area contributed by atoms with E-state index in [4.69, 9.17) is 0 Å². The minimum Gasteiger partial charge on any atom is -0.388 e. The van der Waals surface area contributed by atoms with Gasteiger partial charge < -0.3 is 15.4 Å². The van der Waals surface area contributed by atoms with Crippen molar-refractivity contribution in [3.63, 3.8) is 0 Å². The van der Waals surface area contributed by atoms with Gasteiger partial charge in [0.25, 0.3) is 5.56 Å². The molecule has 1 aromatic heterocycles. The van der Waals surface area contributed by atoms with Crippen LogP contribution in [0.25, 0.3) is 0 Å². The minimum atomic E-state index is -0.621. The van der Waals surface area contributed by atoms with Crippen molar-refractivity contribution < 1.29 is 5.11 Å². The maximum absolute atomic E-state index is 11.2. The second-order valence-corrected chi connectivity index (χ2v) is 4.62. The highest BCUT2D eigenvalue weighted by atomic mass is 79.9. The average Bonchev–Trinajstić information content (AvgIpc) is 2.17. The highest BCUT2D eigenvalue weighted by Crippen LogP contribution is 2.31. The van der Waals surface area contributed by atoms with Crippen LogP contribution in [-0.2, 0) is 0 Å². The molecule has 1 fully saturated rings. The highest BCUT2D eigenvalue weighted by Gasteiger charge is 2.34. The predicted octanol–water partition coefficient (Wildman–Crippen LogP) is 0.859. The molecule has 0 radical (unpaired) electrons. The van der Waals surface area contributed by atoms with Gasteiger partial charge in [0.1, 0.15) is 10.3 Å². The lowest BCUT2D eigenvalue weighted by Crippen LogP contribution is -2.43. The van der Waals surface area contributed by atoms with Crippen molar-refractivity contribution in [3.8, 4) is 0 Å². The summed E-state index contributed by atoms with van der Waals surface area (Å²) in [5.74, 6) is 0.471. The number of hydrogen-bond donors (Lipinski definition) is 3. The Kier molecular flexibility index (Phi) is 2.79. The van der Waals surface area contributed by atoms with Crippen LogP contribution in [0.15, 0.2) is 15.6 Å². The molecule has 1 heterocycles. The van der Waals surface area contributed by atoms with Crippen LogP contribution in [0.3, 0.4) is 0 Å². The Hall–Kier alpha value is -0.880. The maximum Gasteiger partial charge on any atom is 0.267 e. The maximum atomic E-state index is 11.2. The summed E-state index contributed by atoms with van der Waals surface area (Å²) in [6.45, 7) is 0.433. The summed E-state index contributed by atoms with van der Waals surface area (Å²) in [6.07, 6.45) is 4.00. The molecule has 0 amide bonds. The van der Waals surface area contributed by atoms with E-state index in [0.717, 1.165) is 19.3 Å². The fraction of sp³-hybridized carbons (Fsp3) is 0.556. The molecule has 1 aliphatic rings. The number of aromatic amines is 1. The Morgan fingerprint density at radius 2 is 2.40 bits per heavy atom. The zero-order valence-electron chi connectivity index (χ0n) is 8.09. The highest BCUT2D eigenvalue weighted by molar-refractivity contribution is 9.10. The van der Waals surface area contributed by atoms with Crippen molar-refractivity contribution in [2.45, 2.75) is 24.9 Å². The Bertz CT molecular complexity index is 414. The van der Waals surface area contributed by atoms with E-state index in [-0.39, 0.29) is 5.56 Å². The summed E-state index contributed by atoms with van der Waals surface area (Å²) >= 11 is 3.14. The smallest absolute Gasteiger partial charge is 0.267 e. The first kappa shape index (κ1) is 10.6. The summed E-state index contributed by atoms with van der Waals surface area (Å²) in [7, 11) is 0. The molecule has 1 aliphatic carbocycles. The molecule has 1 saturated carbocycles. The van der Waals surface area contributed by atoms with E-state index >= 15 is 0 Å². The molecule has 1 aromatic rings. The normalized spacial score (nSPS) is 18.3. The van der Waals surface area contributed by atoms with Crippen molar-refractivity contribution >= 4 is 21.7 Å². The first-order chi connectivity index (χ1) is 7.11. The number of anilines is 1. The van der Waals surface area contributed by atoms with Gasteiger partial charge in [-0.2, -0.15) is 0 Å². The number of aliphatic hydroxyl groups is 1. The van der Waals surface area contributed by atoms with E-state index in [9.17, 15) is 9.90 Å². The summed E-state index contributed by atoms with van der Waals surface area (Å²) in [4.78, 5) is 17.6. The van der Waals surface area contributed by atoms with Crippen molar-refractivity contribution in [2.24, 2.45) is 0 Å². The molecule has 2 rings (SSSR count). The molecule has 3 N–H and O–H groups in total. The zero-order chi connectivity index (χ0) is 10.9. The molecule has 0 saturated heterocycles. The molecule has 0 aromatic carbocycles. The third-order valence-corrected chi connectivity index (χ3v) is 3.40. The van der Waals surface area contributed by atoms with Gasteiger partial charge in [-0.15, -0.1) is 0 Å². The molecule has 82 valence electrons. The molecular weight excluding hydrogens is 262 g/mol. The van der Waals surface area contributed by atoms with E-state index < -0.39 is 5.60 Å². The third kappa shape index (κ3) is 2.21. The molecule has 0 unspecified atom stereocenters. The fourth-order valence-electron chi connectivity index (χ4n) is 1.52. The minimum absolute atomic E-state index is 0.229. The van der Waals surface area contributed by atoms with Gasteiger partial charge in [0.15, 0.2) is 0 Å². The summed E-state index contributed by atoms with van der Waals surface area (Å²) < 4.78 is 0.368. The SMILES string of the molecule is O=c1[nH]cnc(NCC2(O)CCC2)c1Br. The van der Waals surface area contributed by atoms with Crippen molar-refractivity contribution in [3.05, 3.63) is 21.2 Å². The third-order valence-electron chi connectivity index (χ3n) is 2.67. The van der Waals surface area contributed by atoms with Gasteiger partial charge in [-0.1, -0.05) is 0 Å². The number of hydrogen-bond acceptors (Lipinski definition) is 4. The van der Waals surface area contributed by atoms with Crippen LogP contribution in [0.1, 0.15) is 19.3 Å².